The molecule has 2 rings (SSSR count). The van der Waals surface area contributed by atoms with Gasteiger partial charge in [-0.25, -0.2) is 0 Å². The number of rotatable bonds is 8. The molecule has 3 nitrogen and oxygen atoms in total. The number of unbranched alkanes of at least 4 members (excludes halogenated alkanes) is 2. The number of esters is 1. The van der Waals surface area contributed by atoms with Gasteiger partial charge < -0.3 is 9.64 Å². The molecule has 122 valence electrons. The van der Waals surface area contributed by atoms with Crippen molar-refractivity contribution in [3.05, 3.63) is 0 Å². The third kappa shape index (κ3) is 5.61. The smallest absolute Gasteiger partial charge is 0.305 e. The predicted molar refractivity (Wildman–Crippen MR) is 86.3 cm³/mol. The molecule has 0 bridgehead atoms. The standard InChI is InChI=1S/C18H33NO2/c1-2-3-6-16-21-17(20)8-7-13-19-14-11-18(12-15-19)9-4-5-10-18/h2-16H2,1H3. The molecular weight excluding hydrogens is 262 g/mol. The monoisotopic (exact) mass is 295 g/mol. The van der Waals surface area contributed by atoms with Crippen molar-refractivity contribution in [2.24, 2.45) is 5.41 Å². The van der Waals surface area contributed by atoms with Crippen LogP contribution in [0, 0.1) is 5.41 Å². The van der Waals surface area contributed by atoms with Gasteiger partial charge in [-0.05, 0) is 63.6 Å². The highest BCUT2D eigenvalue weighted by Crippen LogP contribution is 2.46. The number of likely N-dealkylation sites (tertiary alicyclic amines) is 1. The van der Waals surface area contributed by atoms with Gasteiger partial charge in [-0.3, -0.25) is 4.79 Å². The van der Waals surface area contributed by atoms with E-state index < -0.39 is 0 Å². The Hall–Kier alpha value is -0.570. The zero-order valence-electron chi connectivity index (χ0n) is 13.9. The summed E-state index contributed by atoms with van der Waals surface area (Å²) in [5.41, 5.74) is 0.703. The summed E-state index contributed by atoms with van der Waals surface area (Å²) in [6.07, 6.45) is 13.5. The molecule has 3 heteroatoms. The van der Waals surface area contributed by atoms with Gasteiger partial charge >= 0.3 is 5.97 Å². The maximum atomic E-state index is 11.6. The highest BCUT2D eigenvalue weighted by atomic mass is 16.5. The number of carbonyl (C=O) groups excluding carboxylic acids is 1. The summed E-state index contributed by atoms with van der Waals surface area (Å²) in [5, 5.41) is 0. The summed E-state index contributed by atoms with van der Waals surface area (Å²) >= 11 is 0. The van der Waals surface area contributed by atoms with Crippen molar-refractivity contribution in [1.82, 2.24) is 4.90 Å². The molecule has 2 fully saturated rings. The van der Waals surface area contributed by atoms with E-state index in [1.54, 1.807) is 0 Å². The molecule has 0 aromatic rings. The van der Waals surface area contributed by atoms with Crippen molar-refractivity contribution in [2.45, 2.75) is 77.6 Å². The molecule has 2 aliphatic rings. The maximum Gasteiger partial charge on any atom is 0.305 e. The lowest BCUT2D eigenvalue weighted by atomic mass is 9.77. The Morgan fingerprint density at radius 1 is 1.05 bits per heavy atom. The third-order valence-corrected chi connectivity index (χ3v) is 5.45. The van der Waals surface area contributed by atoms with Gasteiger partial charge in [-0.15, -0.1) is 0 Å². The van der Waals surface area contributed by atoms with Gasteiger partial charge in [0.15, 0.2) is 0 Å². The molecule has 1 saturated carbocycles. The van der Waals surface area contributed by atoms with Crippen LogP contribution in [0.5, 0.6) is 0 Å². The lowest BCUT2D eigenvalue weighted by molar-refractivity contribution is -0.144. The number of carbonyl (C=O) groups is 1. The Morgan fingerprint density at radius 2 is 1.76 bits per heavy atom. The topological polar surface area (TPSA) is 29.5 Å². The van der Waals surface area contributed by atoms with E-state index in [9.17, 15) is 4.79 Å². The first kappa shape index (κ1) is 16.8. The van der Waals surface area contributed by atoms with Gasteiger partial charge in [0, 0.05) is 6.42 Å². The van der Waals surface area contributed by atoms with Gasteiger partial charge in [-0.1, -0.05) is 32.6 Å². The average molecular weight is 295 g/mol. The van der Waals surface area contributed by atoms with Crippen LogP contribution in [-0.4, -0.2) is 37.1 Å². The molecule has 1 saturated heterocycles. The second-order valence-electron chi connectivity index (χ2n) is 7.08. The molecule has 1 aliphatic carbocycles. The van der Waals surface area contributed by atoms with Crippen LogP contribution in [0.1, 0.15) is 77.6 Å². The molecule has 1 spiro atoms. The van der Waals surface area contributed by atoms with Crippen molar-refractivity contribution in [3.8, 4) is 0 Å². The van der Waals surface area contributed by atoms with E-state index in [0.717, 1.165) is 25.8 Å². The molecule has 0 aromatic carbocycles. The van der Waals surface area contributed by atoms with Crippen LogP contribution >= 0.6 is 0 Å². The number of piperidine rings is 1. The number of ether oxygens (including phenoxy) is 1. The maximum absolute atomic E-state index is 11.6. The van der Waals surface area contributed by atoms with Gasteiger partial charge in [-0.2, -0.15) is 0 Å². The summed E-state index contributed by atoms with van der Waals surface area (Å²) in [4.78, 5) is 14.2. The van der Waals surface area contributed by atoms with Crippen LogP contribution < -0.4 is 0 Å². The minimum atomic E-state index is -0.00428. The van der Waals surface area contributed by atoms with Crippen LogP contribution in [0.3, 0.4) is 0 Å². The van der Waals surface area contributed by atoms with E-state index in [4.69, 9.17) is 4.74 Å². The fourth-order valence-electron chi connectivity index (χ4n) is 3.93. The van der Waals surface area contributed by atoms with E-state index >= 15 is 0 Å². The Kier molecular flexibility index (Phi) is 7.01. The molecule has 0 unspecified atom stereocenters. The second kappa shape index (κ2) is 8.77. The van der Waals surface area contributed by atoms with Crippen molar-refractivity contribution in [2.75, 3.05) is 26.2 Å². The van der Waals surface area contributed by atoms with Crippen LogP contribution in [-0.2, 0) is 9.53 Å². The lowest BCUT2D eigenvalue weighted by Gasteiger charge is -2.39. The van der Waals surface area contributed by atoms with Crippen LogP contribution in [0.2, 0.25) is 0 Å². The van der Waals surface area contributed by atoms with E-state index in [1.807, 2.05) is 0 Å². The van der Waals surface area contributed by atoms with E-state index in [0.29, 0.717) is 18.4 Å². The summed E-state index contributed by atoms with van der Waals surface area (Å²) in [6, 6.07) is 0. The largest absolute Gasteiger partial charge is 0.466 e. The third-order valence-electron chi connectivity index (χ3n) is 5.45. The Bertz CT molecular complexity index is 300. The Balaban J connectivity index is 1.50. The molecule has 0 N–H and O–H groups in total. The first-order chi connectivity index (χ1) is 10.2. The van der Waals surface area contributed by atoms with Crippen molar-refractivity contribution in [3.63, 3.8) is 0 Å². The normalized spacial score (nSPS) is 21.8. The molecule has 21 heavy (non-hydrogen) atoms. The first-order valence-corrected chi connectivity index (χ1v) is 9.12. The zero-order valence-corrected chi connectivity index (χ0v) is 13.9. The quantitative estimate of drug-likeness (QED) is 0.497. The highest BCUT2D eigenvalue weighted by molar-refractivity contribution is 5.69. The molecule has 0 aromatic heterocycles. The van der Waals surface area contributed by atoms with Crippen LogP contribution in [0.25, 0.3) is 0 Å². The highest BCUT2D eigenvalue weighted by Gasteiger charge is 2.36. The summed E-state index contributed by atoms with van der Waals surface area (Å²) < 4.78 is 5.25. The number of hydrogen-bond donors (Lipinski definition) is 0. The summed E-state index contributed by atoms with van der Waals surface area (Å²) in [6.45, 7) is 6.33. The molecule has 0 radical (unpaired) electrons. The van der Waals surface area contributed by atoms with Crippen LogP contribution in [0.15, 0.2) is 0 Å². The van der Waals surface area contributed by atoms with Crippen LogP contribution in [0.4, 0.5) is 0 Å². The fraction of sp³-hybridized carbons (Fsp3) is 0.944. The molecule has 0 amide bonds. The van der Waals surface area contributed by atoms with Crippen molar-refractivity contribution in [1.29, 1.82) is 0 Å². The minimum absolute atomic E-state index is 0.00428. The van der Waals surface area contributed by atoms with Gasteiger partial charge in [0.05, 0.1) is 6.61 Å². The summed E-state index contributed by atoms with van der Waals surface area (Å²) in [7, 11) is 0. The van der Waals surface area contributed by atoms with Gasteiger partial charge in [0.1, 0.15) is 0 Å². The number of hydrogen-bond acceptors (Lipinski definition) is 3. The average Bonchev–Trinajstić information content (AvgIpc) is 2.94. The van der Waals surface area contributed by atoms with E-state index in [-0.39, 0.29) is 5.97 Å². The second-order valence-corrected chi connectivity index (χ2v) is 7.08. The summed E-state index contributed by atoms with van der Waals surface area (Å²) in [5.74, 6) is -0.00428. The molecule has 0 atom stereocenters. The predicted octanol–water partition coefficient (Wildman–Crippen LogP) is 4.16. The lowest BCUT2D eigenvalue weighted by Crippen LogP contribution is -2.39. The molecule has 1 aliphatic heterocycles. The zero-order chi connectivity index (χ0) is 15.0. The van der Waals surface area contributed by atoms with Gasteiger partial charge in [0.25, 0.3) is 0 Å². The minimum Gasteiger partial charge on any atom is -0.466 e. The fourth-order valence-corrected chi connectivity index (χ4v) is 3.93. The SMILES string of the molecule is CCCCCOC(=O)CCCN1CCC2(CCCC2)CC1. The first-order valence-electron chi connectivity index (χ1n) is 9.12. The molecule has 1 heterocycles. The Morgan fingerprint density at radius 3 is 2.43 bits per heavy atom. The Labute approximate surface area is 130 Å². The van der Waals surface area contributed by atoms with E-state index in [1.165, 1.54) is 58.0 Å². The van der Waals surface area contributed by atoms with Crippen molar-refractivity contribution >= 4 is 5.97 Å². The number of nitrogens with zero attached hydrogens (tertiary/aromatic N) is 1. The van der Waals surface area contributed by atoms with Crippen molar-refractivity contribution < 1.29 is 9.53 Å². The van der Waals surface area contributed by atoms with Gasteiger partial charge in [0.2, 0.25) is 0 Å². The van der Waals surface area contributed by atoms with E-state index in [2.05, 4.69) is 11.8 Å². The molecular formula is C18H33NO2.